The lowest BCUT2D eigenvalue weighted by atomic mass is 9.69. The molecule has 0 saturated heterocycles. The van der Waals surface area contributed by atoms with Gasteiger partial charge in [-0.1, -0.05) is 132 Å². The van der Waals surface area contributed by atoms with E-state index in [9.17, 15) is 9.90 Å². The van der Waals surface area contributed by atoms with E-state index in [0.29, 0.717) is 11.1 Å². The minimum Gasteiger partial charge on any atom is -0.507 e. The lowest BCUT2D eigenvalue weighted by molar-refractivity contribution is 0.103. The van der Waals surface area contributed by atoms with E-state index in [1.807, 2.05) is 36.4 Å². The summed E-state index contributed by atoms with van der Waals surface area (Å²) in [7, 11) is 0. The summed E-state index contributed by atoms with van der Waals surface area (Å²) in [5.74, 6) is -0.0658. The standard InChI is InChI=1S/C35H46O2/c1-32(2,3)23-18-19-24(26(20-23)33(4,5)6)28-27(34(7,8)9)21-25(31(37)29(28)35(10,11)12)30(36)22-16-14-13-15-17-22/h13-21,37H,1-12H3. The number of phenols is 1. The van der Waals surface area contributed by atoms with Crippen molar-refractivity contribution in [2.75, 3.05) is 0 Å². The summed E-state index contributed by atoms with van der Waals surface area (Å²) in [6, 6.07) is 18.0. The molecule has 198 valence electrons. The summed E-state index contributed by atoms with van der Waals surface area (Å²) < 4.78 is 0. The van der Waals surface area contributed by atoms with E-state index < -0.39 is 5.41 Å². The van der Waals surface area contributed by atoms with E-state index in [0.717, 1.165) is 22.3 Å². The van der Waals surface area contributed by atoms with Crippen LogP contribution in [0.5, 0.6) is 5.75 Å². The van der Waals surface area contributed by atoms with Crippen LogP contribution in [-0.4, -0.2) is 10.9 Å². The molecule has 0 aliphatic heterocycles. The number of phenolic OH excluding ortho intramolecular Hbond substituents is 1. The van der Waals surface area contributed by atoms with Crippen LogP contribution in [-0.2, 0) is 21.7 Å². The first-order chi connectivity index (χ1) is 16.7. The average molecular weight is 499 g/mol. The van der Waals surface area contributed by atoms with Gasteiger partial charge >= 0.3 is 0 Å². The van der Waals surface area contributed by atoms with Crippen molar-refractivity contribution >= 4 is 5.78 Å². The van der Waals surface area contributed by atoms with Gasteiger partial charge in [-0.15, -0.1) is 0 Å². The van der Waals surface area contributed by atoms with E-state index in [1.54, 1.807) is 0 Å². The van der Waals surface area contributed by atoms with Crippen LogP contribution in [0.25, 0.3) is 11.1 Å². The summed E-state index contributed by atoms with van der Waals surface area (Å²) in [6.45, 7) is 26.4. The predicted octanol–water partition coefficient (Wildman–Crippen LogP) is 9.48. The molecule has 0 aromatic heterocycles. The number of benzene rings is 3. The zero-order chi connectivity index (χ0) is 28.1. The second-order valence-corrected chi connectivity index (χ2v) is 14.5. The molecule has 0 amide bonds. The van der Waals surface area contributed by atoms with Crippen molar-refractivity contribution in [1.29, 1.82) is 0 Å². The van der Waals surface area contributed by atoms with Crippen molar-refractivity contribution in [1.82, 2.24) is 0 Å². The van der Waals surface area contributed by atoms with Crippen LogP contribution in [0.15, 0.2) is 54.6 Å². The zero-order valence-electron chi connectivity index (χ0n) is 25.1. The van der Waals surface area contributed by atoms with Crippen molar-refractivity contribution in [3.63, 3.8) is 0 Å². The first kappa shape index (κ1) is 28.7. The Morgan fingerprint density at radius 3 is 1.62 bits per heavy atom. The molecular weight excluding hydrogens is 452 g/mol. The third-order valence-electron chi connectivity index (χ3n) is 7.10. The molecule has 0 aliphatic carbocycles. The monoisotopic (exact) mass is 498 g/mol. The number of ketones is 1. The van der Waals surface area contributed by atoms with Crippen LogP contribution < -0.4 is 0 Å². The van der Waals surface area contributed by atoms with Gasteiger partial charge in [-0.05, 0) is 55.5 Å². The van der Waals surface area contributed by atoms with Crippen LogP contribution >= 0.6 is 0 Å². The van der Waals surface area contributed by atoms with Crippen molar-refractivity contribution in [3.8, 4) is 16.9 Å². The molecule has 0 bridgehead atoms. The lowest BCUT2D eigenvalue weighted by Crippen LogP contribution is -2.23. The maximum absolute atomic E-state index is 13.7. The van der Waals surface area contributed by atoms with E-state index in [4.69, 9.17) is 0 Å². The molecule has 3 aromatic rings. The minimum absolute atomic E-state index is 0.0202. The largest absolute Gasteiger partial charge is 0.507 e. The Labute approximate surface area is 225 Å². The van der Waals surface area contributed by atoms with Gasteiger partial charge in [0.05, 0.1) is 5.56 Å². The Morgan fingerprint density at radius 2 is 1.16 bits per heavy atom. The van der Waals surface area contributed by atoms with Gasteiger partial charge in [0.1, 0.15) is 5.75 Å². The molecule has 0 saturated carbocycles. The van der Waals surface area contributed by atoms with E-state index in [-0.39, 0.29) is 27.8 Å². The summed E-state index contributed by atoms with van der Waals surface area (Å²) in [4.78, 5) is 13.7. The van der Waals surface area contributed by atoms with Crippen LogP contribution in [0.2, 0.25) is 0 Å². The quantitative estimate of drug-likeness (QED) is 0.365. The Balaban J connectivity index is 2.53. The molecule has 3 aromatic carbocycles. The SMILES string of the molecule is CC(C)(C)c1ccc(-c2c(C(C)(C)C)cc(C(=O)c3ccccc3)c(O)c2C(C)(C)C)c(C(C)(C)C)c1. The van der Waals surface area contributed by atoms with Gasteiger partial charge in [0.25, 0.3) is 0 Å². The zero-order valence-corrected chi connectivity index (χ0v) is 25.1. The lowest BCUT2D eigenvalue weighted by Gasteiger charge is -2.35. The molecule has 3 rings (SSSR count). The second kappa shape index (κ2) is 9.46. The summed E-state index contributed by atoms with van der Waals surface area (Å²) in [5.41, 5.74) is 6.81. The second-order valence-electron chi connectivity index (χ2n) is 14.5. The van der Waals surface area contributed by atoms with E-state index in [1.165, 1.54) is 11.1 Å². The molecule has 2 heteroatoms. The van der Waals surface area contributed by atoms with Gasteiger partial charge in [0.15, 0.2) is 5.78 Å². The number of carbonyl (C=O) groups is 1. The molecule has 0 fully saturated rings. The molecule has 0 unspecified atom stereocenters. The Hall–Kier alpha value is -2.87. The molecule has 0 aliphatic rings. The fourth-order valence-corrected chi connectivity index (χ4v) is 5.04. The van der Waals surface area contributed by atoms with Gasteiger partial charge in [0.2, 0.25) is 0 Å². The maximum Gasteiger partial charge on any atom is 0.196 e. The highest BCUT2D eigenvalue weighted by atomic mass is 16.3. The molecule has 0 spiro atoms. The van der Waals surface area contributed by atoms with Crippen molar-refractivity contribution < 1.29 is 9.90 Å². The van der Waals surface area contributed by atoms with Crippen molar-refractivity contribution in [2.24, 2.45) is 0 Å². The predicted molar refractivity (Wildman–Crippen MR) is 158 cm³/mol. The maximum atomic E-state index is 13.7. The molecule has 0 heterocycles. The molecule has 0 radical (unpaired) electrons. The first-order valence-electron chi connectivity index (χ1n) is 13.4. The fraction of sp³-hybridized carbons (Fsp3) is 0.457. The molecular formula is C35H46O2. The van der Waals surface area contributed by atoms with Gasteiger partial charge < -0.3 is 5.11 Å². The van der Waals surface area contributed by atoms with Crippen LogP contribution in [0.1, 0.15) is 121 Å². The third kappa shape index (κ3) is 5.84. The number of rotatable bonds is 3. The highest BCUT2D eigenvalue weighted by Gasteiger charge is 2.35. The first-order valence-corrected chi connectivity index (χ1v) is 13.4. The summed E-state index contributed by atoms with van der Waals surface area (Å²) in [6.07, 6.45) is 0. The van der Waals surface area contributed by atoms with Crippen molar-refractivity contribution in [2.45, 2.75) is 105 Å². The number of hydrogen-bond donors (Lipinski definition) is 1. The summed E-state index contributed by atoms with van der Waals surface area (Å²) in [5, 5.41) is 11.8. The molecule has 1 N–H and O–H groups in total. The average Bonchev–Trinajstić information content (AvgIpc) is 2.75. The number of aromatic hydroxyl groups is 1. The van der Waals surface area contributed by atoms with E-state index in [2.05, 4.69) is 101 Å². The fourth-order valence-electron chi connectivity index (χ4n) is 5.04. The van der Waals surface area contributed by atoms with Crippen LogP contribution in [0.3, 0.4) is 0 Å². The highest BCUT2D eigenvalue weighted by Crippen LogP contribution is 2.49. The third-order valence-corrected chi connectivity index (χ3v) is 7.10. The Morgan fingerprint density at radius 1 is 0.622 bits per heavy atom. The molecule has 2 nitrogen and oxygen atoms in total. The summed E-state index contributed by atoms with van der Waals surface area (Å²) >= 11 is 0. The number of carbonyl (C=O) groups excluding carboxylic acids is 1. The number of hydrogen-bond acceptors (Lipinski definition) is 2. The van der Waals surface area contributed by atoms with Gasteiger partial charge in [0, 0.05) is 11.1 Å². The highest BCUT2D eigenvalue weighted by molar-refractivity contribution is 6.11. The van der Waals surface area contributed by atoms with Crippen molar-refractivity contribution in [3.05, 3.63) is 88.0 Å². The van der Waals surface area contributed by atoms with Gasteiger partial charge in [-0.3, -0.25) is 4.79 Å². The van der Waals surface area contributed by atoms with Gasteiger partial charge in [-0.25, -0.2) is 0 Å². The minimum atomic E-state index is -0.399. The Kier molecular flexibility index (Phi) is 7.34. The van der Waals surface area contributed by atoms with E-state index >= 15 is 0 Å². The topological polar surface area (TPSA) is 37.3 Å². The molecule has 0 atom stereocenters. The molecule has 37 heavy (non-hydrogen) atoms. The van der Waals surface area contributed by atoms with Crippen LogP contribution in [0.4, 0.5) is 0 Å². The Bertz CT molecular complexity index is 1300. The van der Waals surface area contributed by atoms with Gasteiger partial charge in [-0.2, -0.15) is 0 Å². The van der Waals surface area contributed by atoms with Crippen LogP contribution in [0, 0.1) is 0 Å². The normalized spacial score (nSPS) is 13.1. The smallest absolute Gasteiger partial charge is 0.196 e.